The van der Waals surface area contributed by atoms with Crippen molar-refractivity contribution in [3.63, 3.8) is 0 Å². The van der Waals surface area contributed by atoms with Crippen molar-refractivity contribution >= 4 is 17.3 Å². The molecule has 2 aromatic rings. The Kier molecular flexibility index (Phi) is 3.47. The average Bonchev–Trinajstić information content (AvgIpc) is 2.33. The molecule has 1 nitrogen and oxygen atoms in total. The molecular weight excluding hydrogens is 218 g/mol. The maximum atomic E-state index is 5.86. The third-order valence-electron chi connectivity index (χ3n) is 2.59. The van der Waals surface area contributed by atoms with Gasteiger partial charge < -0.3 is 5.32 Å². The van der Waals surface area contributed by atoms with E-state index in [0.29, 0.717) is 0 Å². The molecule has 0 saturated carbocycles. The molecule has 82 valence electrons. The van der Waals surface area contributed by atoms with Crippen molar-refractivity contribution in [2.45, 2.75) is 6.42 Å². The summed E-state index contributed by atoms with van der Waals surface area (Å²) in [4.78, 5) is 0. The zero-order valence-corrected chi connectivity index (χ0v) is 9.96. The first-order valence-corrected chi connectivity index (χ1v) is 5.67. The number of rotatable bonds is 3. The predicted octanol–water partition coefficient (Wildman–Crippen LogP) is 3.97. The minimum absolute atomic E-state index is 0.783. The van der Waals surface area contributed by atoms with Gasteiger partial charge in [0.05, 0.1) is 0 Å². The summed E-state index contributed by atoms with van der Waals surface area (Å²) in [6, 6.07) is 16.3. The number of hydrogen-bond acceptors (Lipinski definition) is 1. The van der Waals surface area contributed by atoms with Crippen LogP contribution in [0.15, 0.2) is 48.5 Å². The van der Waals surface area contributed by atoms with Crippen molar-refractivity contribution in [3.05, 3.63) is 64.7 Å². The quantitative estimate of drug-likeness (QED) is 0.843. The van der Waals surface area contributed by atoms with E-state index >= 15 is 0 Å². The molecule has 2 rings (SSSR count). The first-order valence-electron chi connectivity index (χ1n) is 5.29. The topological polar surface area (TPSA) is 12.0 Å². The zero-order chi connectivity index (χ0) is 11.4. The number of nitrogens with one attached hydrogen (secondary N) is 1. The summed E-state index contributed by atoms with van der Waals surface area (Å²) in [6.07, 6.45) is 0.925. The molecule has 0 atom stereocenters. The molecule has 0 aromatic heterocycles. The van der Waals surface area contributed by atoms with Crippen LogP contribution in [-0.2, 0) is 6.42 Å². The van der Waals surface area contributed by atoms with E-state index < -0.39 is 0 Å². The highest BCUT2D eigenvalue weighted by atomic mass is 35.5. The Morgan fingerprint density at radius 2 is 1.69 bits per heavy atom. The van der Waals surface area contributed by atoms with Crippen LogP contribution in [-0.4, -0.2) is 7.05 Å². The third-order valence-corrected chi connectivity index (χ3v) is 2.85. The summed E-state index contributed by atoms with van der Waals surface area (Å²) < 4.78 is 0. The molecule has 1 N–H and O–H groups in total. The monoisotopic (exact) mass is 231 g/mol. The van der Waals surface area contributed by atoms with E-state index in [1.54, 1.807) is 0 Å². The van der Waals surface area contributed by atoms with Gasteiger partial charge in [-0.25, -0.2) is 0 Å². The first kappa shape index (κ1) is 11.0. The molecule has 16 heavy (non-hydrogen) atoms. The van der Waals surface area contributed by atoms with Crippen molar-refractivity contribution < 1.29 is 0 Å². The van der Waals surface area contributed by atoms with E-state index in [1.165, 1.54) is 16.8 Å². The van der Waals surface area contributed by atoms with E-state index in [-0.39, 0.29) is 0 Å². The zero-order valence-electron chi connectivity index (χ0n) is 9.20. The average molecular weight is 232 g/mol. The Labute approximate surface area is 101 Å². The second-order valence-corrected chi connectivity index (χ2v) is 4.15. The van der Waals surface area contributed by atoms with E-state index in [2.05, 4.69) is 35.6 Å². The van der Waals surface area contributed by atoms with Gasteiger partial charge in [-0.2, -0.15) is 0 Å². The van der Waals surface area contributed by atoms with Crippen molar-refractivity contribution in [2.75, 3.05) is 12.4 Å². The largest absolute Gasteiger partial charge is 0.388 e. The molecule has 0 bridgehead atoms. The van der Waals surface area contributed by atoms with Crippen LogP contribution in [0, 0.1) is 0 Å². The predicted molar refractivity (Wildman–Crippen MR) is 70.2 cm³/mol. The fourth-order valence-corrected chi connectivity index (χ4v) is 1.87. The SMILES string of the molecule is CNc1ccccc1Cc1ccc(Cl)cc1. The van der Waals surface area contributed by atoms with Gasteiger partial charge in [0.1, 0.15) is 0 Å². The van der Waals surface area contributed by atoms with Gasteiger partial charge in [0.2, 0.25) is 0 Å². The van der Waals surface area contributed by atoms with Crippen LogP contribution in [0.3, 0.4) is 0 Å². The molecule has 0 spiro atoms. The van der Waals surface area contributed by atoms with Crippen LogP contribution in [0.1, 0.15) is 11.1 Å². The lowest BCUT2D eigenvalue weighted by atomic mass is 10.0. The van der Waals surface area contributed by atoms with Crippen LogP contribution in [0.5, 0.6) is 0 Å². The maximum absolute atomic E-state index is 5.86. The second-order valence-electron chi connectivity index (χ2n) is 3.71. The Morgan fingerprint density at radius 1 is 1.00 bits per heavy atom. The van der Waals surface area contributed by atoms with Gasteiger partial charge in [-0.05, 0) is 35.7 Å². The van der Waals surface area contributed by atoms with E-state index in [9.17, 15) is 0 Å². The number of anilines is 1. The van der Waals surface area contributed by atoms with E-state index in [0.717, 1.165) is 11.4 Å². The Balaban J connectivity index is 2.23. The molecule has 0 saturated heterocycles. The number of hydrogen-bond donors (Lipinski definition) is 1. The lowest BCUT2D eigenvalue weighted by Crippen LogP contribution is -1.96. The lowest BCUT2D eigenvalue weighted by Gasteiger charge is -2.08. The molecule has 0 aliphatic heterocycles. The fourth-order valence-electron chi connectivity index (χ4n) is 1.74. The summed E-state index contributed by atoms with van der Waals surface area (Å²) >= 11 is 5.86. The van der Waals surface area contributed by atoms with Gasteiger partial charge in [-0.15, -0.1) is 0 Å². The summed E-state index contributed by atoms with van der Waals surface area (Å²) in [5, 5.41) is 3.98. The molecule has 0 aliphatic carbocycles. The Hall–Kier alpha value is -1.47. The maximum Gasteiger partial charge on any atom is 0.0406 e. The second kappa shape index (κ2) is 5.04. The number of halogens is 1. The molecule has 0 aliphatic rings. The molecule has 0 amide bonds. The summed E-state index contributed by atoms with van der Waals surface area (Å²) in [6.45, 7) is 0. The van der Waals surface area contributed by atoms with Gasteiger partial charge in [0, 0.05) is 17.8 Å². The normalized spacial score (nSPS) is 10.1. The molecular formula is C14H14ClN. The number of benzene rings is 2. The van der Waals surface area contributed by atoms with Crippen molar-refractivity contribution in [1.82, 2.24) is 0 Å². The van der Waals surface area contributed by atoms with Crippen LogP contribution >= 0.6 is 11.6 Å². The van der Waals surface area contributed by atoms with Crippen LogP contribution in [0.25, 0.3) is 0 Å². The van der Waals surface area contributed by atoms with E-state index in [1.807, 2.05) is 25.2 Å². The highest BCUT2D eigenvalue weighted by molar-refractivity contribution is 6.30. The first-order chi connectivity index (χ1) is 7.79. The molecule has 0 fully saturated rings. The lowest BCUT2D eigenvalue weighted by molar-refractivity contribution is 1.19. The van der Waals surface area contributed by atoms with Crippen molar-refractivity contribution in [2.24, 2.45) is 0 Å². The van der Waals surface area contributed by atoms with Gasteiger partial charge in [-0.3, -0.25) is 0 Å². The molecule has 2 heteroatoms. The van der Waals surface area contributed by atoms with Crippen LogP contribution in [0.2, 0.25) is 5.02 Å². The standard InChI is InChI=1S/C14H14ClN/c1-16-14-5-3-2-4-12(14)10-11-6-8-13(15)9-7-11/h2-9,16H,10H2,1H3. The van der Waals surface area contributed by atoms with Crippen molar-refractivity contribution in [3.8, 4) is 0 Å². The highest BCUT2D eigenvalue weighted by Crippen LogP contribution is 2.19. The molecule has 0 unspecified atom stereocenters. The van der Waals surface area contributed by atoms with Crippen LogP contribution < -0.4 is 5.32 Å². The van der Waals surface area contributed by atoms with Gasteiger partial charge in [0.25, 0.3) is 0 Å². The summed E-state index contributed by atoms with van der Waals surface area (Å²) in [7, 11) is 1.95. The smallest absolute Gasteiger partial charge is 0.0406 e. The molecule has 0 radical (unpaired) electrons. The molecule has 0 heterocycles. The highest BCUT2D eigenvalue weighted by Gasteiger charge is 2.01. The fraction of sp³-hybridized carbons (Fsp3) is 0.143. The minimum atomic E-state index is 0.783. The van der Waals surface area contributed by atoms with Crippen molar-refractivity contribution in [1.29, 1.82) is 0 Å². The van der Waals surface area contributed by atoms with Gasteiger partial charge in [0.15, 0.2) is 0 Å². The van der Waals surface area contributed by atoms with E-state index in [4.69, 9.17) is 11.6 Å². The summed E-state index contributed by atoms with van der Waals surface area (Å²) in [5.41, 5.74) is 3.75. The van der Waals surface area contributed by atoms with Crippen LogP contribution in [0.4, 0.5) is 5.69 Å². The minimum Gasteiger partial charge on any atom is -0.388 e. The summed E-state index contributed by atoms with van der Waals surface area (Å²) in [5.74, 6) is 0. The third kappa shape index (κ3) is 2.56. The Morgan fingerprint density at radius 3 is 2.38 bits per heavy atom. The number of para-hydroxylation sites is 1. The Bertz CT molecular complexity index is 462. The van der Waals surface area contributed by atoms with Gasteiger partial charge in [-0.1, -0.05) is 41.9 Å². The van der Waals surface area contributed by atoms with Gasteiger partial charge >= 0.3 is 0 Å². The molecule has 2 aromatic carbocycles.